The molecule has 1 aromatic carbocycles. The number of nitrogens with one attached hydrogen (secondary N) is 1. The lowest BCUT2D eigenvalue weighted by Crippen LogP contribution is -2.30. The third-order valence-electron chi connectivity index (χ3n) is 3.74. The van der Waals surface area contributed by atoms with Crippen LogP contribution in [-0.4, -0.2) is 35.5 Å². The Hall–Kier alpha value is -2.29. The molecule has 132 valence electrons. The number of fused-ring (bicyclic) bond motifs is 1. The highest BCUT2D eigenvalue weighted by Crippen LogP contribution is 2.38. The quantitative estimate of drug-likeness (QED) is 0.619. The Morgan fingerprint density at radius 3 is 2.96 bits per heavy atom. The van der Waals surface area contributed by atoms with Crippen LogP contribution in [0.2, 0.25) is 10.0 Å². The third kappa shape index (κ3) is 3.55. The molecule has 0 spiro atoms. The molecule has 25 heavy (non-hydrogen) atoms. The minimum Gasteiger partial charge on any atom is -0.449 e. The van der Waals surface area contributed by atoms with Crippen LogP contribution in [0.5, 0.6) is 0 Å². The van der Waals surface area contributed by atoms with Crippen molar-refractivity contribution in [2.45, 2.75) is 12.8 Å². The van der Waals surface area contributed by atoms with Crippen molar-refractivity contribution in [1.82, 2.24) is 10.6 Å². The van der Waals surface area contributed by atoms with E-state index in [0.29, 0.717) is 34.5 Å². The molecule has 0 bridgehead atoms. The summed E-state index contributed by atoms with van der Waals surface area (Å²) in [4.78, 5) is 24.9. The summed E-state index contributed by atoms with van der Waals surface area (Å²) in [6, 6.07) is 4.72. The highest BCUT2D eigenvalue weighted by atomic mass is 35.5. The first-order chi connectivity index (χ1) is 12.0. The molecular weight excluding hydrogens is 373 g/mol. The number of halogens is 2. The zero-order valence-electron chi connectivity index (χ0n) is 12.8. The highest BCUT2D eigenvalue weighted by molar-refractivity contribution is 6.42. The lowest BCUT2D eigenvalue weighted by molar-refractivity contribution is 0.0696. The molecule has 0 fully saturated rings. The summed E-state index contributed by atoms with van der Waals surface area (Å²) in [5, 5.41) is 12.9. The van der Waals surface area contributed by atoms with Gasteiger partial charge in [-0.15, -0.1) is 0 Å². The van der Waals surface area contributed by atoms with Gasteiger partial charge in [0.25, 0.3) is 5.91 Å². The standard InChI is InChI=1S/C15H13Cl2N3O5/c16-10-1-2-12-9(13(10)17)3-5-20(12)15(22)24-6-4-8-7-11(19-25-8)14(21)18-23/h1-2,7,23H,3-6H2,(H,18,21). The highest BCUT2D eigenvalue weighted by Gasteiger charge is 2.28. The maximum absolute atomic E-state index is 12.2. The normalized spacial score (nSPS) is 12.8. The topological polar surface area (TPSA) is 105 Å². The molecule has 0 atom stereocenters. The van der Waals surface area contributed by atoms with Crippen molar-refractivity contribution in [2.75, 3.05) is 18.1 Å². The van der Waals surface area contributed by atoms with Gasteiger partial charge >= 0.3 is 6.09 Å². The Kier molecular flexibility index (Phi) is 5.12. The van der Waals surface area contributed by atoms with Gasteiger partial charge in [0.1, 0.15) is 12.4 Å². The van der Waals surface area contributed by atoms with E-state index in [-0.39, 0.29) is 18.7 Å². The van der Waals surface area contributed by atoms with Crippen molar-refractivity contribution < 1.29 is 24.1 Å². The van der Waals surface area contributed by atoms with Gasteiger partial charge < -0.3 is 9.26 Å². The molecule has 3 rings (SSSR count). The van der Waals surface area contributed by atoms with E-state index < -0.39 is 12.0 Å². The molecule has 2 heterocycles. The van der Waals surface area contributed by atoms with Crippen LogP contribution >= 0.6 is 23.2 Å². The molecular formula is C15H13Cl2N3O5. The number of ether oxygens (including phenoxy) is 1. The van der Waals surface area contributed by atoms with Crippen LogP contribution in [0.25, 0.3) is 0 Å². The van der Waals surface area contributed by atoms with E-state index in [2.05, 4.69) is 5.16 Å². The average Bonchev–Trinajstić information content (AvgIpc) is 3.24. The molecule has 1 aliphatic rings. The maximum atomic E-state index is 12.2. The summed E-state index contributed by atoms with van der Waals surface area (Å²) in [6.07, 6.45) is 0.329. The minimum atomic E-state index is -0.781. The average molecular weight is 386 g/mol. The number of hydrogen-bond acceptors (Lipinski definition) is 6. The monoisotopic (exact) mass is 385 g/mol. The lowest BCUT2D eigenvalue weighted by atomic mass is 10.2. The summed E-state index contributed by atoms with van der Waals surface area (Å²) in [7, 11) is 0. The second-order valence-corrected chi connectivity index (χ2v) is 6.03. The molecule has 1 aliphatic heterocycles. The van der Waals surface area contributed by atoms with Gasteiger partial charge in [-0.25, -0.2) is 10.3 Å². The summed E-state index contributed by atoms with van der Waals surface area (Å²) >= 11 is 12.1. The van der Waals surface area contributed by atoms with E-state index in [9.17, 15) is 9.59 Å². The molecule has 0 unspecified atom stereocenters. The molecule has 0 aliphatic carbocycles. The lowest BCUT2D eigenvalue weighted by Gasteiger charge is -2.17. The molecule has 2 aromatic rings. The fourth-order valence-corrected chi connectivity index (χ4v) is 2.95. The zero-order valence-corrected chi connectivity index (χ0v) is 14.3. The SMILES string of the molecule is O=C(NO)c1cc(CCOC(=O)N2CCc3c2ccc(Cl)c3Cl)on1. The largest absolute Gasteiger partial charge is 0.449 e. The van der Waals surface area contributed by atoms with Crippen LogP contribution in [0.3, 0.4) is 0 Å². The first kappa shape index (κ1) is 17.5. The Balaban J connectivity index is 1.57. The van der Waals surface area contributed by atoms with Gasteiger partial charge in [-0.2, -0.15) is 0 Å². The molecule has 0 radical (unpaired) electrons. The summed E-state index contributed by atoms with van der Waals surface area (Å²) in [6.45, 7) is 0.499. The Morgan fingerprint density at radius 2 is 2.20 bits per heavy atom. The maximum Gasteiger partial charge on any atom is 0.414 e. The van der Waals surface area contributed by atoms with Crippen LogP contribution in [-0.2, 0) is 17.6 Å². The van der Waals surface area contributed by atoms with Crippen molar-refractivity contribution in [1.29, 1.82) is 0 Å². The Bertz CT molecular complexity index is 823. The predicted octanol–water partition coefficient (Wildman–Crippen LogP) is 2.84. The fraction of sp³-hybridized carbons (Fsp3) is 0.267. The number of rotatable bonds is 4. The van der Waals surface area contributed by atoms with Crippen molar-refractivity contribution in [3.05, 3.63) is 45.3 Å². The number of carbonyl (C=O) groups is 2. The number of nitrogens with zero attached hydrogens (tertiary/aromatic N) is 2. The van der Waals surface area contributed by atoms with Gasteiger partial charge in [-0.05, 0) is 24.1 Å². The number of amides is 2. The molecule has 8 nitrogen and oxygen atoms in total. The zero-order chi connectivity index (χ0) is 18.0. The van der Waals surface area contributed by atoms with Gasteiger partial charge in [0.2, 0.25) is 0 Å². The van der Waals surface area contributed by atoms with E-state index >= 15 is 0 Å². The number of aromatic nitrogens is 1. The van der Waals surface area contributed by atoms with Gasteiger partial charge in [-0.3, -0.25) is 14.9 Å². The van der Waals surface area contributed by atoms with E-state index in [1.165, 1.54) is 16.4 Å². The molecule has 10 heteroatoms. The second-order valence-electron chi connectivity index (χ2n) is 5.24. The number of anilines is 1. The second kappa shape index (κ2) is 7.30. The van der Waals surface area contributed by atoms with Crippen molar-refractivity contribution in [3.8, 4) is 0 Å². The summed E-state index contributed by atoms with van der Waals surface area (Å²) in [5.74, 6) is -0.431. The third-order valence-corrected chi connectivity index (χ3v) is 4.58. The van der Waals surface area contributed by atoms with E-state index in [1.54, 1.807) is 12.1 Å². The van der Waals surface area contributed by atoms with E-state index in [4.69, 9.17) is 37.7 Å². The van der Waals surface area contributed by atoms with Crippen molar-refractivity contribution in [2.24, 2.45) is 0 Å². The number of hydroxylamine groups is 1. The molecule has 2 amide bonds. The number of carbonyl (C=O) groups excluding carboxylic acids is 2. The predicted molar refractivity (Wildman–Crippen MR) is 88.3 cm³/mol. The van der Waals surface area contributed by atoms with Gasteiger partial charge in [0.15, 0.2) is 5.69 Å². The smallest absolute Gasteiger partial charge is 0.414 e. The van der Waals surface area contributed by atoms with Gasteiger partial charge in [0.05, 0.1) is 15.7 Å². The van der Waals surface area contributed by atoms with Crippen LogP contribution in [0.15, 0.2) is 22.7 Å². The minimum absolute atomic E-state index is 0.0430. The summed E-state index contributed by atoms with van der Waals surface area (Å²) in [5.41, 5.74) is 2.89. The van der Waals surface area contributed by atoms with Crippen molar-refractivity contribution in [3.63, 3.8) is 0 Å². The van der Waals surface area contributed by atoms with Gasteiger partial charge in [0, 0.05) is 19.0 Å². The van der Waals surface area contributed by atoms with Gasteiger partial charge in [-0.1, -0.05) is 28.4 Å². The van der Waals surface area contributed by atoms with Crippen LogP contribution in [0, 0.1) is 0 Å². The van der Waals surface area contributed by atoms with Crippen LogP contribution in [0.1, 0.15) is 21.8 Å². The summed E-state index contributed by atoms with van der Waals surface area (Å²) < 4.78 is 10.1. The fourth-order valence-electron chi connectivity index (χ4n) is 2.52. The van der Waals surface area contributed by atoms with Crippen LogP contribution < -0.4 is 10.4 Å². The molecule has 0 saturated carbocycles. The van der Waals surface area contributed by atoms with Crippen LogP contribution in [0.4, 0.5) is 10.5 Å². The van der Waals surface area contributed by atoms with Crippen molar-refractivity contribution >= 4 is 40.9 Å². The molecule has 0 saturated heterocycles. The number of hydrogen-bond donors (Lipinski definition) is 2. The Morgan fingerprint density at radius 1 is 1.40 bits per heavy atom. The molecule has 2 N–H and O–H groups in total. The van der Waals surface area contributed by atoms with E-state index in [0.717, 1.165) is 5.56 Å². The first-order valence-electron chi connectivity index (χ1n) is 7.32. The number of benzene rings is 1. The molecule has 1 aromatic heterocycles. The first-order valence-corrected chi connectivity index (χ1v) is 8.08. The Labute approximate surface area is 152 Å². The van der Waals surface area contributed by atoms with E-state index in [1.807, 2.05) is 0 Å².